The van der Waals surface area contributed by atoms with Gasteiger partial charge in [-0.15, -0.1) is 0 Å². The number of nitrogens with zero attached hydrogens (tertiary/aromatic N) is 2. The summed E-state index contributed by atoms with van der Waals surface area (Å²) in [6.45, 7) is 0. The molecule has 2 heterocycles. The zero-order valence-electron chi connectivity index (χ0n) is 27.4. The Balaban J connectivity index is 1.14. The van der Waals surface area contributed by atoms with Gasteiger partial charge in [0.15, 0.2) is 0 Å². The molecule has 2 aromatic heterocycles. The zero-order chi connectivity index (χ0) is 33.0. The lowest BCUT2D eigenvalue weighted by molar-refractivity contribution is 1.18. The Morgan fingerprint density at radius 1 is 0.260 bits per heavy atom. The maximum atomic E-state index is 2.43. The third kappa shape index (κ3) is 4.50. The van der Waals surface area contributed by atoms with Gasteiger partial charge < -0.3 is 9.13 Å². The lowest BCUT2D eigenvalue weighted by atomic mass is 10.0. The monoisotopic (exact) mass is 636 g/mol. The maximum Gasteiger partial charge on any atom is 0.0541 e. The average molecular weight is 637 g/mol. The van der Waals surface area contributed by atoms with E-state index in [1.54, 1.807) is 0 Å². The predicted octanol–water partition coefficient (Wildman–Crippen LogP) is 12.9. The highest BCUT2D eigenvalue weighted by molar-refractivity contribution is 6.13. The highest BCUT2D eigenvalue weighted by atomic mass is 15.0. The fraction of sp³-hybridized carbons (Fsp3) is 0. The van der Waals surface area contributed by atoms with E-state index in [4.69, 9.17) is 0 Å². The molecule has 234 valence electrons. The van der Waals surface area contributed by atoms with Crippen LogP contribution >= 0.6 is 0 Å². The van der Waals surface area contributed by atoms with Gasteiger partial charge in [-0.05, 0) is 82.4 Å². The topological polar surface area (TPSA) is 9.86 Å². The Morgan fingerprint density at radius 2 is 0.740 bits per heavy atom. The van der Waals surface area contributed by atoms with Crippen LogP contribution in [0, 0.1) is 0 Å². The van der Waals surface area contributed by atoms with E-state index in [2.05, 4.69) is 203 Å². The molecule has 0 spiro atoms. The lowest BCUT2D eigenvalue weighted by Crippen LogP contribution is -1.97. The van der Waals surface area contributed by atoms with Crippen LogP contribution in [-0.4, -0.2) is 9.13 Å². The van der Waals surface area contributed by atoms with E-state index in [9.17, 15) is 0 Å². The molecule has 0 aliphatic carbocycles. The number of aromatic nitrogens is 2. The second kappa shape index (κ2) is 11.5. The lowest BCUT2D eigenvalue weighted by Gasteiger charge is -2.14. The highest BCUT2D eigenvalue weighted by Gasteiger charge is 2.18. The summed E-state index contributed by atoms with van der Waals surface area (Å²) in [6, 6.07) is 70.4. The third-order valence-electron chi connectivity index (χ3n) is 10.1. The minimum absolute atomic E-state index is 1.16. The molecule has 0 bridgehead atoms. The Bertz CT molecular complexity index is 2860. The van der Waals surface area contributed by atoms with Crippen LogP contribution in [0.2, 0.25) is 0 Å². The molecule has 0 saturated heterocycles. The smallest absolute Gasteiger partial charge is 0.0541 e. The quantitative estimate of drug-likeness (QED) is 0.178. The SMILES string of the molecule is c1ccc(-c2cccc(-n3c4ccccc4c4cc(-c5ccc6c(c5)c5ccccc5n6-c5ccccc5-c5ccccc5)ccc43)c2)cc1. The number of rotatable bonds is 5. The first-order chi connectivity index (χ1) is 24.8. The van der Waals surface area contributed by atoms with Crippen molar-refractivity contribution in [2.45, 2.75) is 0 Å². The van der Waals surface area contributed by atoms with Crippen LogP contribution in [0.4, 0.5) is 0 Å². The van der Waals surface area contributed by atoms with Gasteiger partial charge in [0.1, 0.15) is 0 Å². The molecular formula is C48H32N2. The summed E-state index contributed by atoms with van der Waals surface area (Å²) in [5.41, 5.74) is 14.5. The van der Waals surface area contributed by atoms with Gasteiger partial charge in [0.25, 0.3) is 0 Å². The van der Waals surface area contributed by atoms with Gasteiger partial charge in [0.05, 0.1) is 27.8 Å². The number of hydrogen-bond acceptors (Lipinski definition) is 0. The fourth-order valence-corrected chi connectivity index (χ4v) is 7.83. The first kappa shape index (κ1) is 28.4. The first-order valence-corrected chi connectivity index (χ1v) is 17.2. The Labute approximate surface area is 290 Å². The van der Waals surface area contributed by atoms with Crippen molar-refractivity contribution in [2.24, 2.45) is 0 Å². The van der Waals surface area contributed by atoms with Gasteiger partial charge in [0, 0.05) is 32.8 Å². The van der Waals surface area contributed by atoms with Crippen molar-refractivity contribution < 1.29 is 0 Å². The van der Waals surface area contributed by atoms with Gasteiger partial charge in [-0.2, -0.15) is 0 Å². The van der Waals surface area contributed by atoms with Crippen molar-refractivity contribution in [2.75, 3.05) is 0 Å². The van der Waals surface area contributed by atoms with Gasteiger partial charge in [-0.3, -0.25) is 0 Å². The molecule has 10 aromatic rings. The number of hydrogen-bond donors (Lipinski definition) is 0. The van der Waals surface area contributed by atoms with E-state index >= 15 is 0 Å². The molecule has 50 heavy (non-hydrogen) atoms. The van der Waals surface area contributed by atoms with Crippen LogP contribution in [0.25, 0.3) is 88.4 Å². The molecule has 0 aliphatic heterocycles. The van der Waals surface area contributed by atoms with Crippen molar-refractivity contribution in [3.8, 4) is 44.8 Å². The second-order valence-corrected chi connectivity index (χ2v) is 13.0. The summed E-state index contributed by atoms with van der Waals surface area (Å²) in [7, 11) is 0. The normalized spacial score (nSPS) is 11.6. The molecule has 0 N–H and O–H groups in total. The minimum atomic E-state index is 1.16. The molecule has 0 aliphatic rings. The molecule has 0 unspecified atom stereocenters. The van der Waals surface area contributed by atoms with Crippen molar-refractivity contribution in [3.63, 3.8) is 0 Å². The maximum absolute atomic E-state index is 2.43. The molecule has 0 radical (unpaired) electrons. The van der Waals surface area contributed by atoms with Crippen LogP contribution in [0.3, 0.4) is 0 Å². The molecular weight excluding hydrogens is 605 g/mol. The molecule has 8 aromatic carbocycles. The van der Waals surface area contributed by atoms with E-state index < -0.39 is 0 Å². The Morgan fingerprint density at radius 3 is 1.42 bits per heavy atom. The number of benzene rings is 8. The van der Waals surface area contributed by atoms with E-state index in [1.807, 2.05) is 0 Å². The minimum Gasteiger partial charge on any atom is -0.309 e. The van der Waals surface area contributed by atoms with Gasteiger partial charge >= 0.3 is 0 Å². The van der Waals surface area contributed by atoms with Crippen LogP contribution in [0.15, 0.2) is 194 Å². The Kier molecular flexibility index (Phi) is 6.53. The van der Waals surface area contributed by atoms with E-state index in [0.717, 1.165) is 5.69 Å². The van der Waals surface area contributed by atoms with Crippen LogP contribution in [0.5, 0.6) is 0 Å². The molecule has 2 nitrogen and oxygen atoms in total. The summed E-state index contributed by atoms with van der Waals surface area (Å²) in [4.78, 5) is 0. The van der Waals surface area contributed by atoms with Crippen LogP contribution < -0.4 is 0 Å². The average Bonchev–Trinajstić information content (AvgIpc) is 3.71. The summed E-state index contributed by atoms with van der Waals surface area (Å²) in [5, 5.41) is 5.01. The van der Waals surface area contributed by atoms with Crippen molar-refractivity contribution in [1.29, 1.82) is 0 Å². The molecule has 0 amide bonds. The third-order valence-corrected chi connectivity index (χ3v) is 10.1. The molecule has 0 saturated carbocycles. The van der Waals surface area contributed by atoms with E-state index in [-0.39, 0.29) is 0 Å². The van der Waals surface area contributed by atoms with Crippen molar-refractivity contribution >= 4 is 43.6 Å². The Hall–Kier alpha value is -6.64. The van der Waals surface area contributed by atoms with Crippen LogP contribution in [0.1, 0.15) is 0 Å². The standard InChI is InChI=1S/C48H32N2/c1-3-14-33(15-4-1)35-18-13-19-38(30-35)49-45-24-11-8-21-40(45)42-31-36(26-28-47(42)49)37-27-29-48-43(32-37)41-22-9-12-25-46(41)50(48)44-23-10-7-20-39(44)34-16-5-2-6-17-34/h1-32H. The first-order valence-electron chi connectivity index (χ1n) is 17.2. The molecule has 0 atom stereocenters. The van der Waals surface area contributed by atoms with Crippen LogP contribution in [-0.2, 0) is 0 Å². The summed E-state index contributed by atoms with van der Waals surface area (Å²) in [5.74, 6) is 0. The largest absolute Gasteiger partial charge is 0.309 e. The van der Waals surface area contributed by atoms with Gasteiger partial charge in [-0.25, -0.2) is 0 Å². The summed E-state index contributed by atoms with van der Waals surface area (Å²) >= 11 is 0. The van der Waals surface area contributed by atoms with Gasteiger partial charge in [-0.1, -0.05) is 140 Å². The summed E-state index contributed by atoms with van der Waals surface area (Å²) < 4.78 is 4.83. The van der Waals surface area contributed by atoms with Crippen molar-refractivity contribution in [1.82, 2.24) is 9.13 Å². The predicted molar refractivity (Wildman–Crippen MR) is 211 cm³/mol. The highest BCUT2D eigenvalue weighted by Crippen LogP contribution is 2.40. The molecule has 2 heteroatoms. The molecule has 0 fully saturated rings. The zero-order valence-corrected chi connectivity index (χ0v) is 27.4. The van der Waals surface area contributed by atoms with E-state index in [0.29, 0.717) is 0 Å². The van der Waals surface area contributed by atoms with Gasteiger partial charge in [0.2, 0.25) is 0 Å². The number of fused-ring (bicyclic) bond motifs is 6. The van der Waals surface area contributed by atoms with E-state index in [1.165, 1.54) is 82.7 Å². The summed E-state index contributed by atoms with van der Waals surface area (Å²) in [6.07, 6.45) is 0. The number of para-hydroxylation sites is 3. The fourth-order valence-electron chi connectivity index (χ4n) is 7.83. The van der Waals surface area contributed by atoms with Crippen molar-refractivity contribution in [3.05, 3.63) is 194 Å². The second-order valence-electron chi connectivity index (χ2n) is 13.0. The molecule has 10 rings (SSSR count).